The van der Waals surface area contributed by atoms with E-state index in [0.717, 1.165) is 35.1 Å². The zero-order valence-electron chi connectivity index (χ0n) is 19.0. The van der Waals surface area contributed by atoms with E-state index in [4.69, 9.17) is 9.84 Å². The van der Waals surface area contributed by atoms with E-state index < -0.39 is 30.0 Å². The number of aliphatic hydroxyl groups excluding tert-OH is 1. The highest BCUT2D eigenvalue weighted by atomic mass is 16.5. The first-order valence-corrected chi connectivity index (χ1v) is 11.7. The molecule has 2 aliphatic carbocycles. The number of amides is 2. The van der Waals surface area contributed by atoms with E-state index in [2.05, 4.69) is 34.9 Å². The minimum Gasteiger partial charge on any atom is -0.481 e. The van der Waals surface area contributed by atoms with Crippen LogP contribution in [0.3, 0.4) is 0 Å². The number of ether oxygens (including phenoxy) is 1. The minimum atomic E-state index is -1.16. The lowest BCUT2D eigenvalue weighted by Crippen LogP contribution is -2.48. The van der Waals surface area contributed by atoms with Gasteiger partial charge in [-0.05, 0) is 35.1 Å². The van der Waals surface area contributed by atoms with Gasteiger partial charge in [0.15, 0.2) is 0 Å². The van der Waals surface area contributed by atoms with Crippen LogP contribution in [0.15, 0.2) is 48.5 Å². The molecule has 1 atom stereocenters. The Morgan fingerprint density at radius 1 is 0.971 bits per heavy atom. The number of nitrogens with one attached hydrogen (secondary N) is 2. The van der Waals surface area contributed by atoms with Crippen molar-refractivity contribution >= 4 is 18.0 Å². The Hall–Kier alpha value is -3.39. The highest BCUT2D eigenvalue weighted by molar-refractivity contribution is 5.84. The molecule has 0 spiro atoms. The summed E-state index contributed by atoms with van der Waals surface area (Å²) in [5, 5.41) is 23.9. The molecule has 1 unspecified atom stereocenters. The molecule has 1 saturated carbocycles. The summed E-state index contributed by atoms with van der Waals surface area (Å²) >= 11 is 0. The van der Waals surface area contributed by atoms with Crippen LogP contribution in [0, 0.1) is 5.41 Å². The van der Waals surface area contributed by atoms with Gasteiger partial charge in [0.2, 0.25) is 5.91 Å². The lowest BCUT2D eigenvalue weighted by molar-refractivity contribution is -0.140. The molecule has 0 heterocycles. The normalized spacial score (nSPS) is 16.9. The molecule has 1 fully saturated rings. The van der Waals surface area contributed by atoms with Crippen LogP contribution in [-0.4, -0.2) is 54.0 Å². The summed E-state index contributed by atoms with van der Waals surface area (Å²) in [5.41, 5.74) is 3.78. The van der Waals surface area contributed by atoms with E-state index in [1.165, 1.54) is 0 Å². The van der Waals surface area contributed by atoms with Crippen molar-refractivity contribution in [3.63, 3.8) is 0 Å². The third-order valence-electron chi connectivity index (χ3n) is 6.87. The number of carbonyl (C=O) groups is 3. The fourth-order valence-corrected chi connectivity index (χ4v) is 5.10. The van der Waals surface area contributed by atoms with Crippen LogP contribution in [0.5, 0.6) is 0 Å². The first kappa shape index (κ1) is 23.8. The van der Waals surface area contributed by atoms with Crippen molar-refractivity contribution in [2.75, 3.05) is 19.7 Å². The highest BCUT2D eigenvalue weighted by Crippen LogP contribution is 2.44. The number of aliphatic hydroxyl groups is 1. The van der Waals surface area contributed by atoms with E-state index in [1.807, 2.05) is 24.3 Å². The van der Waals surface area contributed by atoms with Gasteiger partial charge in [-0.15, -0.1) is 0 Å². The lowest BCUT2D eigenvalue weighted by Gasteiger charge is -2.28. The molecule has 0 saturated heterocycles. The summed E-state index contributed by atoms with van der Waals surface area (Å²) in [6.45, 7) is 0.183. The molecule has 8 nitrogen and oxygen atoms in total. The van der Waals surface area contributed by atoms with Crippen LogP contribution in [0.1, 0.15) is 49.1 Å². The monoisotopic (exact) mass is 466 g/mol. The van der Waals surface area contributed by atoms with Crippen LogP contribution < -0.4 is 10.6 Å². The molecule has 2 aromatic carbocycles. The minimum absolute atomic E-state index is 0.0439. The second kappa shape index (κ2) is 10.3. The second-order valence-corrected chi connectivity index (χ2v) is 9.13. The second-order valence-electron chi connectivity index (χ2n) is 9.13. The Labute approximate surface area is 198 Å². The van der Waals surface area contributed by atoms with Crippen LogP contribution in [0.25, 0.3) is 11.1 Å². The quantitative estimate of drug-likeness (QED) is 0.450. The molecular formula is C26H30N2O6. The van der Waals surface area contributed by atoms with Crippen molar-refractivity contribution in [2.24, 2.45) is 5.41 Å². The SMILES string of the molecule is O=C(O)CC(O)CNC(=O)C1(CNC(=O)OCC2c3ccccc3-c3ccccc32)CCCC1. The van der Waals surface area contributed by atoms with Crippen molar-refractivity contribution < 1.29 is 29.3 Å². The summed E-state index contributed by atoms with van der Waals surface area (Å²) in [6.07, 6.45) is 0.761. The van der Waals surface area contributed by atoms with E-state index in [-0.39, 0.29) is 31.5 Å². The van der Waals surface area contributed by atoms with Crippen molar-refractivity contribution in [3.8, 4) is 11.1 Å². The summed E-state index contributed by atoms with van der Waals surface area (Å²) in [4.78, 5) is 36.1. The molecule has 4 N–H and O–H groups in total. The molecule has 0 aliphatic heterocycles. The summed E-state index contributed by atoms with van der Waals surface area (Å²) in [6, 6.07) is 16.2. The van der Waals surface area contributed by atoms with Gasteiger partial charge in [0.05, 0.1) is 17.9 Å². The van der Waals surface area contributed by atoms with Crippen molar-refractivity contribution in [2.45, 2.75) is 44.1 Å². The fraction of sp³-hybridized carbons (Fsp3) is 0.423. The van der Waals surface area contributed by atoms with E-state index in [0.29, 0.717) is 12.8 Å². The molecule has 2 amide bonds. The Kier molecular flexibility index (Phi) is 7.17. The Morgan fingerprint density at radius 2 is 1.56 bits per heavy atom. The number of carboxylic acid groups (broad SMARTS) is 1. The van der Waals surface area contributed by atoms with Gasteiger partial charge in [-0.25, -0.2) is 4.79 Å². The Morgan fingerprint density at radius 3 is 2.15 bits per heavy atom. The molecule has 8 heteroatoms. The van der Waals surface area contributed by atoms with Gasteiger partial charge in [0, 0.05) is 19.0 Å². The standard InChI is InChI=1S/C26H30N2O6/c29-17(13-23(30)31)14-27-24(32)26(11-5-6-12-26)16-28-25(33)34-15-22-20-9-3-1-7-18(20)19-8-2-4-10-21(19)22/h1-4,7-10,17,22,29H,5-6,11-16H2,(H,27,32)(H,28,33)(H,30,31). The molecular weight excluding hydrogens is 436 g/mol. The van der Waals surface area contributed by atoms with E-state index >= 15 is 0 Å². The number of fused-ring (bicyclic) bond motifs is 3. The Bertz CT molecular complexity index is 1020. The maximum Gasteiger partial charge on any atom is 0.407 e. The first-order valence-electron chi connectivity index (χ1n) is 11.7. The average molecular weight is 467 g/mol. The van der Waals surface area contributed by atoms with E-state index in [9.17, 15) is 19.5 Å². The molecule has 0 bridgehead atoms. The maximum atomic E-state index is 12.8. The third-order valence-corrected chi connectivity index (χ3v) is 6.87. The predicted octanol–water partition coefficient (Wildman–Crippen LogP) is 3.04. The van der Waals surface area contributed by atoms with Crippen LogP contribution in [-0.2, 0) is 14.3 Å². The number of carboxylic acids is 1. The zero-order chi connectivity index (χ0) is 24.1. The number of hydrogen-bond acceptors (Lipinski definition) is 5. The van der Waals surface area contributed by atoms with E-state index in [1.54, 1.807) is 0 Å². The van der Waals surface area contributed by atoms with Crippen LogP contribution in [0.2, 0.25) is 0 Å². The topological polar surface area (TPSA) is 125 Å². The molecule has 34 heavy (non-hydrogen) atoms. The first-order chi connectivity index (χ1) is 16.4. The molecule has 0 radical (unpaired) electrons. The van der Waals surface area contributed by atoms with Gasteiger partial charge in [0.25, 0.3) is 0 Å². The van der Waals surface area contributed by atoms with Crippen LogP contribution >= 0.6 is 0 Å². The van der Waals surface area contributed by atoms with Gasteiger partial charge in [0.1, 0.15) is 6.61 Å². The smallest absolute Gasteiger partial charge is 0.407 e. The number of benzene rings is 2. The maximum absolute atomic E-state index is 12.8. The van der Waals surface area contributed by atoms with Gasteiger partial charge in [-0.1, -0.05) is 61.4 Å². The molecule has 4 rings (SSSR count). The van der Waals surface area contributed by atoms with Gasteiger partial charge in [-0.2, -0.15) is 0 Å². The summed E-state index contributed by atoms with van der Waals surface area (Å²) in [7, 11) is 0. The van der Waals surface area contributed by atoms with Crippen molar-refractivity contribution in [1.82, 2.24) is 10.6 Å². The molecule has 180 valence electrons. The number of carbonyl (C=O) groups excluding carboxylic acids is 2. The van der Waals surface area contributed by atoms with Crippen molar-refractivity contribution in [3.05, 3.63) is 59.7 Å². The van der Waals surface area contributed by atoms with Crippen LogP contribution in [0.4, 0.5) is 4.79 Å². The number of aliphatic carboxylic acids is 1. The lowest BCUT2D eigenvalue weighted by atomic mass is 9.85. The predicted molar refractivity (Wildman–Crippen MR) is 125 cm³/mol. The van der Waals surface area contributed by atoms with Gasteiger partial charge < -0.3 is 25.6 Å². The molecule has 0 aromatic heterocycles. The number of rotatable bonds is 9. The third kappa shape index (κ3) is 5.07. The van der Waals surface area contributed by atoms with Gasteiger partial charge in [-0.3, -0.25) is 9.59 Å². The fourth-order valence-electron chi connectivity index (χ4n) is 5.10. The highest BCUT2D eigenvalue weighted by Gasteiger charge is 2.41. The zero-order valence-corrected chi connectivity index (χ0v) is 19.0. The summed E-state index contributed by atoms with van der Waals surface area (Å²) in [5.74, 6) is -1.46. The number of alkyl carbamates (subject to hydrolysis) is 1. The van der Waals surface area contributed by atoms with Gasteiger partial charge >= 0.3 is 12.1 Å². The van der Waals surface area contributed by atoms with Crippen molar-refractivity contribution in [1.29, 1.82) is 0 Å². The molecule has 2 aromatic rings. The Balaban J connectivity index is 1.33. The largest absolute Gasteiger partial charge is 0.481 e. The number of hydrogen-bond donors (Lipinski definition) is 4. The average Bonchev–Trinajstić information content (AvgIpc) is 3.43. The summed E-state index contributed by atoms with van der Waals surface area (Å²) < 4.78 is 5.58. The molecule has 2 aliphatic rings.